The Kier molecular flexibility index (Phi) is 4.55. The van der Waals surface area contributed by atoms with E-state index in [1.165, 1.54) is 65.7 Å². The number of hydrogen-bond donors (Lipinski definition) is 0. The van der Waals surface area contributed by atoms with Crippen molar-refractivity contribution in [3.05, 3.63) is 134 Å². The highest BCUT2D eigenvalue weighted by Gasteiger charge is 2.15. The number of pyridine rings is 2. The molecule has 0 amide bonds. The van der Waals surface area contributed by atoms with Crippen LogP contribution in [0.25, 0.3) is 76.6 Å². The summed E-state index contributed by atoms with van der Waals surface area (Å²) in [6.45, 7) is 0. The third kappa shape index (κ3) is 3.21. The minimum atomic E-state index is 1.02. The van der Waals surface area contributed by atoms with Crippen molar-refractivity contribution in [2.45, 2.75) is 0 Å². The maximum Gasteiger partial charge on any atom is 0.0702 e. The number of aromatic nitrogens is 2. The van der Waals surface area contributed by atoms with E-state index in [0.29, 0.717) is 0 Å². The van der Waals surface area contributed by atoms with Gasteiger partial charge in [0.05, 0.1) is 5.52 Å². The first-order valence-electron chi connectivity index (χ1n) is 12.9. The summed E-state index contributed by atoms with van der Waals surface area (Å²) in [7, 11) is 0. The van der Waals surface area contributed by atoms with Crippen LogP contribution in [0.2, 0.25) is 0 Å². The van der Waals surface area contributed by atoms with Gasteiger partial charge in [0, 0.05) is 24.0 Å². The molecule has 0 atom stereocenters. The van der Waals surface area contributed by atoms with Crippen LogP contribution in [0, 0.1) is 0 Å². The molecular weight excluding hydrogens is 460 g/mol. The first-order valence-corrected chi connectivity index (χ1v) is 12.9. The molecule has 0 aliphatic carbocycles. The average Bonchev–Trinajstić information content (AvgIpc) is 3.00. The highest BCUT2D eigenvalue weighted by molar-refractivity contribution is 6.27. The number of hydrogen-bond acceptors (Lipinski definition) is 2. The van der Waals surface area contributed by atoms with Gasteiger partial charge in [-0.1, -0.05) is 78.9 Å². The minimum Gasteiger partial charge on any atom is -0.265 e. The van der Waals surface area contributed by atoms with Crippen LogP contribution in [-0.2, 0) is 0 Å². The molecule has 0 aliphatic heterocycles. The van der Waals surface area contributed by atoms with Gasteiger partial charge in [-0.2, -0.15) is 0 Å². The van der Waals surface area contributed by atoms with E-state index in [2.05, 4.69) is 119 Å². The third-order valence-corrected chi connectivity index (χ3v) is 7.77. The molecule has 0 N–H and O–H groups in total. The molecular formula is C36H22N2. The smallest absolute Gasteiger partial charge is 0.0702 e. The van der Waals surface area contributed by atoms with E-state index in [-0.39, 0.29) is 0 Å². The topological polar surface area (TPSA) is 25.8 Å². The van der Waals surface area contributed by atoms with E-state index >= 15 is 0 Å². The van der Waals surface area contributed by atoms with E-state index in [0.717, 1.165) is 10.9 Å². The van der Waals surface area contributed by atoms with Crippen LogP contribution in [0.15, 0.2) is 134 Å². The fourth-order valence-electron chi connectivity index (χ4n) is 5.96. The number of rotatable bonds is 3. The molecule has 176 valence electrons. The van der Waals surface area contributed by atoms with Crippen molar-refractivity contribution in [2.75, 3.05) is 0 Å². The van der Waals surface area contributed by atoms with Crippen LogP contribution < -0.4 is 0 Å². The quantitative estimate of drug-likeness (QED) is 0.234. The van der Waals surface area contributed by atoms with Crippen molar-refractivity contribution in [3.63, 3.8) is 0 Å². The van der Waals surface area contributed by atoms with Crippen LogP contribution >= 0.6 is 0 Å². The summed E-state index contributed by atoms with van der Waals surface area (Å²) in [6, 6.07) is 41.8. The summed E-state index contributed by atoms with van der Waals surface area (Å²) in [5.74, 6) is 0. The van der Waals surface area contributed by atoms with Gasteiger partial charge < -0.3 is 0 Å². The largest absolute Gasteiger partial charge is 0.265 e. The first-order chi connectivity index (χ1) is 18.8. The maximum atomic E-state index is 4.51. The van der Waals surface area contributed by atoms with Crippen molar-refractivity contribution in [1.82, 2.24) is 9.97 Å². The van der Waals surface area contributed by atoms with Gasteiger partial charge in [-0.15, -0.1) is 0 Å². The van der Waals surface area contributed by atoms with Crippen molar-refractivity contribution in [2.24, 2.45) is 0 Å². The minimum absolute atomic E-state index is 1.02. The Hall–Kier alpha value is -5.08. The molecule has 8 aromatic rings. The van der Waals surface area contributed by atoms with Crippen LogP contribution in [0.3, 0.4) is 0 Å². The Morgan fingerprint density at radius 1 is 0.395 bits per heavy atom. The average molecular weight is 483 g/mol. The fourth-order valence-corrected chi connectivity index (χ4v) is 5.96. The SMILES string of the molecule is c1cc(-c2ccncc2)cc(-c2ccc3ccc4c(-c5ccc6ncccc6c5)ccc5ccc2c3c54)c1. The molecule has 2 heteroatoms. The Morgan fingerprint density at radius 3 is 1.79 bits per heavy atom. The lowest BCUT2D eigenvalue weighted by atomic mass is 9.87. The van der Waals surface area contributed by atoms with Crippen LogP contribution in [0.1, 0.15) is 0 Å². The molecule has 38 heavy (non-hydrogen) atoms. The Balaban J connectivity index is 1.37. The summed E-state index contributed by atoms with van der Waals surface area (Å²) < 4.78 is 0. The molecule has 8 rings (SSSR count). The van der Waals surface area contributed by atoms with Crippen molar-refractivity contribution < 1.29 is 0 Å². The Bertz CT molecular complexity index is 2130. The molecule has 0 aliphatic rings. The molecule has 6 aromatic carbocycles. The predicted molar refractivity (Wildman–Crippen MR) is 160 cm³/mol. The predicted octanol–water partition coefficient (Wildman–Crippen LogP) is 9.53. The zero-order valence-electron chi connectivity index (χ0n) is 20.6. The lowest BCUT2D eigenvalue weighted by molar-refractivity contribution is 1.33. The zero-order chi connectivity index (χ0) is 25.1. The molecule has 0 fully saturated rings. The van der Waals surface area contributed by atoms with Gasteiger partial charge in [0.1, 0.15) is 0 Å². The molecule has 2 nitrogen and oxygen atoms in total. The number of fused-ring (bicyclic) bond motifs is 1. The van der Waals surface area contributed by atoms with Gasteiger partial charge in [0.15, 0.2) is 0 Å². The van der Waals surface area contributed by atoms with Crippen molar-refractivity contribution in [1.29, 1.82) is 0 Å². The summed E-state index contributed by atoms with van der Waals surface area (Å²) in [5.41, 5.74) is 8.34. The Labute approximate surface area is 220 Å². The van der Waals surface area contributed by atoms with Crippen molar-refractivity contribution >= 4 is 43.2 Å². The van der Waals surface area contributed by atoms with Gasteiger partial charge >= 0.3 is 0 Å². The second-order valence-electron chi connectivity index (χ2n) is 9.88. The van der Waals surface area contributed by atoms with Crippen LogP contribution in [0.5, 0.6) is 0 Å². The lowest BCUT2D eigenvalue weighted by Gasteiger charge is -2.17. The monoisotopic (exact) mass is 482 g/mol. The highest BCUT2D eigenvalue weighted by atomic mass is 14.6. The second kappa shape index (κ2) is 8.22. The number of benzene rings is 6. The zero-order valence-corrected chi connectivity index (χ0v) is 20.6. The summed E-state index contributed by atoms with van der Waals surface area (Å²) >= 11 is 0. The standard InChI is InChI=1S/C36H22N2/c1-3-26(23-16-19-37-20-17-23)21-27(4-1)30-11-6-24-9-14-33-31(12-7-25-8-13-32(30)35(24)36(25)33)28-10-15-34-29(22-28)5-2-18-38-34/h1-22H. The molecule has 2 aromatic heterocycles. The van der Waals surface area contributed by atoms with Gasteiger partial charge in [-0.3, -0.25) is 9.97 Å². The van der Waals surface area contributed by atoms with Gasteiger partial charge in [0.25, 0.3) is 0 Å². The van der Waals surface area contributed by atoms with E-state index in [4.69, 9.17) is 0 Å². The van der Waals surface area contributed by atoms with Crippen molar-refractivity contribution in [3.8, 4) is 33.4 Å². The van der Waals surface area contributed by atoms with Gasteiger partial charge in [0.2, 0.25) is 0 Å². The summed E-state index contributed by atoms with van der Waals surface area (Å²) in [5, 5.41) is 8.93. The van der Waals surface area contributed by atoms with E-state index in [9.17, 15) is 0 Å². The highest BCUT2D eigenvalue weighted by Crippen LogP contribution is 2.42. The summed E-state index contributed by atoms with van der Waals surface area (Å²) in [4.78, 5) is 8.69. The molecule has 0 bridgehead atoms. The fraction of sp³-hybridized carbons (Fsp3) is 0. The lowest BCUT2D eigenvalue weighted by Crippen LogP contribution is -1.90. The maximum absolute atomic E-state index is 4.51. The summed E-state index contributed by atoms with van der Waals surface area (Å²) in [6.07, 6.45) is 5.55. The normalized spacial score (nSPS) is 11.7. The van der Waals surface area contributed by atoms with E-state index in [1.54, 1.807) is 0 Å². The van der Waals surface area contributed by atoms with Crippen LogP contribution in [-0.4, -0.2) is 9.97 Å². The molecule has 0 radical (unpaired) electrons. The Morgan fingerprint density at radius 2 is 1.05 bits per heavy atom. The molecule has 0 spiro atoms. The van der Waals surface area contributed by atoms with Gasteiger partial charge in [-0.05, 0) is 102 Å². The van der Waals surface area contributed by atoms with Gasteiger partial charge in [-0.25, -0.2) is 0 Å². The third-order valence-electron chi connectivity index (χ3n) is 7.77. The first kappa shape index (κ1) is 21.0. The second-order valence-corrected chi connectivity index (χ2v) is 9.88. The van der Waals surface area contributed by atoms with E-state index < -0.39 is 0 Å². The van der Waals surface area contributed by atoms with Crippen LogP contribution in [0.4, 0.5) is 0 Å². The molecule has 2 heterocycles. The molecule has 0 saturated heterocycles. The van der Waals surface area contributed by atoms with E-state index in [1.807, 2.05) is 24.7 Å². The molecule has 0 saturated carbocycles. The number of nitrogens with zero attached hydrogens (tertiary/aromatic N) is 2. The molecule has 0 unspecified atom stereocenters.